The van der Waals surface area contributed by atoms with E-state index in [2.05, 4.69) is 132 Å². The summed E-state index contributed by atoms with van der Waals surface area (Å²) in [6.07, 6.45) is 7.46. The highest BCUT2D eigenvalue weighted by molar-refractivity contribution is 7.17. The van der Waals surface area contributed by atoms with E-state index in [1.54, 1.807) is 29.7 Å². The van der Waals surface area contributed by atoms with Crippen LogP contribution in [0.1, 0.15) is 72.9 Å². The molecular weight excluding hydrogens is 835 g/mol. The average molecular weight is 898 g/mol. The largest absolute Gasteiger partial charge is 0.397 e. The lowest BCUT2D eigenvalue weighted by molar-refractivity contribution is 0.103. The fraction of sp³-hybridized carbons (Fsp3) is 0.216. The van der Waals surface area contributed by atoms with Crippen LogP contribution in [0, 0.1) is 34.6 Å². The molecule has 0 aliphatic carbocycles. The summed E-state index contributed by atoms with van der Waals surface area (Å²) >= 11 is 3.00. The minimum atomic E-state index is -0.490. The molecular formula is C51H63N9O2S2. The topological polar surface area (TPSA) is 186 Å². The van der Waals surface area contributed by atoms with Crippen molar-refractivity contribution in [3.63, 3.8) is 0 Å². The molecule has 0 atom stereocenters. The number of nitrogens with two attached hydrogens (primary N) is 3. The van der Waals surface area contributed by atoms with Crippen LogP contribution in [0.2, 0.25) is 0 Å². The van der Waals surface area contributed by atoms with E-state index in [0.717, 1.165) is 17.2 Å². The van der Waals surface area contributed by atoms with Crippen LogP contribution < -0.4 is 38.5 Å². The number of para-hydroxylation sites is 2. The van der Waals surface area contributed by atoms with Gasteiger partial charge in [-0.15, -0.1) is 11.3 Å². The summed E-state index contributed by atoms with van der Waals surface area (Å²) in [6.45, 7) is 17.0. The van der Waals surface area contributed by atoms with E-state index in [1.807, 2.05) is 75.5 Å². The number of nitrogens with zero attached hydrogens (tertiary/aromatic N) is 2. The first-order valence-corrected chi connectivity index (χ1v) is 22.5. The highest BCUT2D eigenvalue weighted by Crippen LogP contribution is 2.23. The third-order valence-corrected chi connectivity index (χ3v) is 10.8. The van der Waals surface area contributed by atoms with Gasteiger partial charge in [0.1, 0.15) is 4.88 Å². The van der Waals surface area contributed by atoms with Crippen molar-refractivity contribution >= 4 is 56.2 Å². The quantitative estimate of drug-likeness (QED) is 0.0494. The molecule has 0 fully saturated rings. The predicted octanol–water partition coefficient (Wildman–Crippen LogP) is 11.5. The number of aryl methyl sites for hydroxylation is 5. The van der Waals surface area contributed by atoms with Gasteiger partial charge in [-0.05, 0) is 82.9 Å². The normalized spacial score (nSPS) is 10.0. The summed E-state index contributed by atoms with van der Waals surface area (Å²) in [5.74, 6) is -0.214. The summed E-state index contributed by atoms with van der Waals surface area (Å²) < 4.78 is 0. The van der Waals surface area contributed by atoms with Gasteiger partial charge in [0.15, 0.2) is 10.3 Å². The van der Waals surface area contributed by atoms with Crippen LogP contribution in [-0.2, 0) is 26.2 Å². The van der Waals surface area contributed by atoms with Gasteiger partial charge in [-0.1, -0.05) is 155 Å². The van der Waals surface area contributed by atoms with Gasteiger partial charge in [0.05, 0.1) is 17.6 Å². The zero-order valence-corrected chi connectivity index (χ0v) is 39.6. The minimum Gasteiger partial charge on any atom is -0.397 e. The summed E-state index contributed by atoms with van der Waals surface area (Å²) in [4.78, 5) is 32.9. The SMILES string of the molecule is C/C=C/C.Cc1ccc(CN)cc1.Cc1ccc(CNC(N)=O)cc1.Cc1ccc(CNc2ncc(C(=O)Nc3ccccc3N)s2)cc1.Cc1ccc(CNc2ncc(C)s2)cc1. The highest BCUT2D eigenvalue weighted by atomic mass is 32.1. The Hall–Kier alpha value is -6.80. The van der Waals surface area contributed by atoms with Crippen molar-refractivity contribution in [2.75, 3.05) is 21.7 Å². The van der Waals surface area contributed by atoms with Crippen LogP contribution in [0.3, 0.4) is 0 Å². The number of urea groups is 1. The zero-order chi connectivity index (χ0) is 46.7. The fourth-order valence-corrected chi connectivity index (χ4v) is 6.45. The van der Waals surface area contributed by atoms with Crippen LogP contribution in [0.5, 0.6) is 0 Å². The molecule has 0 radical (unpaired) electrons. The standard InChI is InChI=1S/C18H18N4OS.C12H14N2S.C9H12N2O.C8H11N.C4H8/c1-12-6-8-13(9-7-12)10-20-18-21-11-16(24-18)17(23)22-15-5-3-2-4-14(15)19;1-9-3-5-11(6-4-9)8-14-12-13-7-10(2)15-12;1-7-2-4-8(5-3-7)6-11-9(10)12;1-7-2-4-8(6-9)5-3-7;1-3-4-2/h2-9,11H,10,19H2,1H3,(H,20,21)(H,22,23);3-7H,8H2,1-2H3,(H,13,14);2-5H,6H2,1H3,(H3,10,11,12);2-5H,6,9H2,1H3;3-4H,1-2H3/b;;;;4-3+. The van der Waals surface area contributed by atoms with Crippen molar-refractivity contribution in [2.45, 2.75) is 74.6 Å². The first kappa shape index (κ1) is 51.5. The maximum atomic E-state index is 12.3. The number of anilines is 4. The number of carbonyl (C=O) groups excluding carboxylic acids is 2. The van der Waals surface area contributed by atoms with E-state index in [-0.39, 0.29) is 5.91 Å². The molecule has 0 bridgehead atoms. The Morgan fingerprint density at radius 1 is 0.578 bits per heavy atom. The van der Waals surface area contributed by atoms with Crippen LogP contribution in [0.25, 0.3) is 0 Å². The molecule has 13 heteroatoms. The molecule has 7 rings (SSSR count). The summed E-state index contributed by atoms with van der Waals surface area (Å²) in [7, 11) is 0. The van der Waals surface area contributed by atoms with Crippen molar-refractivity contribution in [3.05, 3.63) is 200 Å². The van der Waals surface area contributed by atoms with E-state index in [4.69, 9.17) is 17.2 Å². The molecule has 0 aliphatic heterocycles. The maximum Gasteiger partial charge on any atom is 0.312 e. The van der Waals surface area contributed by atoms with Gasteiger partial charge in [-0.2, -0.15) is 0 Å². The lowest BCUT2D eigenvalue weighted by Gasteiger charge is -2.06. The number of aromatic nitrogens is 2. The highest BCUT2D eigenvalue weighted by Gasteiger charge is 2.12. The number of nitrogens with one attached hydrogen (secondary N) is 4. The number of hydrogen-bond donors (Lipinski definition) is 7. The molecule has 0 saturated carbocycles. The van der Waals surface area contributed by atoms with Gasteiger partial charge < -0.3 is 38.5 Å². The summed E-state index contributed by atoms with van der Waals surface area (Å²) in [5, 5.41) is 13.6. The van der Waals surface area contributed by atoms with Crippen LogP contribution in [0.4, 0.5) is 26.4 Å². The van der Waals surface area contributed by atoms with Crippen molar-refractivity contribution in [3.8, 4) is 0 Å². The monoisotopic (exact) mass is 897 g/mol. The molecule has 2 aromatic heterocycles. The Bertz CT molecular complexity index is 2420. The van der Waals surface area contributed by atoms with Gasteiger partial charge in [0, 0.05) is 37.3 Å². The van der Waals surface area contributed by atoms with Crippen LogP contribution in [0.15, 0.2) is 146 Å². The molecule has 11 nitrogen and oxygen atoms in total. The Kier molecular flexibility index (Phi) is 23.1. The first-order valence-electron chi connectivity index (χ1n) is 20.8. The molecule has 0 aliphatic rings. The van der Waals surface area contributed by atoms with E-state index < -0.39 is 6.03 Å². The van der Waals surface area contributed by atoms with E-state index in [9.17, 15) is 9.59 Å². The number of benzene rings is 5. The zero-order valence-electron chi connectivity index (χ0n) is 37.9. The van der Waals surface area contributed by atoms with Crippen LogP contribution >= 0.6 is 22.7 Å². The third-order valence-electron chi connectivity index (χ3n) is 8.97. The molecule has 0 spiro atoms. The van der Waals surface area contributed by atoms with Crippen molar-refractivity contribution in [2.24, 2.45) is 11.5 Å². The maximum absolute atomic E-state index is 12.3. The molecule has 64 heavy (non-hydrogen) atoms. The Labute approximate surface area is 387 Å². The number of allylic oxidation sites excluding steroid dienone is 2. The van der Waals surface area contributed by atoms with Gasteiger partial charge in [-0.3, -0.25) is 4.79 Å². The number of thiazole rings is 2. The number of primary amides is 1. The lowest BCUT2D eigenvalue weighted by Crippen LogP contribution is -2.28. The number of rotatable bonds is 11. The lowest BCUT2D eigenvalue weighted by atomic mass is 10.1. The number of amides is 3. The summed E-state index contributed by atoms with van der Waals surface area (Å²) in [5.41, 5.74) is 27.0. The van der Waals surface area contributed by atoms with Gasteiger partial charge >= 0.3 is 6.03 Å². The summed E-state index contributed by atoms with van der Waals surface area (Å²) in [6, 6.07) is 39.7. The number of carbonyl (C=O) groups is 2. The van der Waals surface area contributed by atoms with E-state index >= 15 is 0 Å². The van der Waals surface area contributed by atoms with Crippen molar-refractivity contribution < 1.29 is 9.59 Å². The van der Waals surface area contributed by atoms with Gasteiger partial charge in [0.25, 0.3) is 5.91 Å². The second-order valence-corrected chi connectivity index (χ2v) is 16.9. The van der Waals surface area contributed by atoms with Crippen LogP contribution in [-0.4, -0.2) is 21.9 Å². The molecule has 336 valence electrons. The van der Waals surface area contributed by atoms with Crippen molar-refractivity contribution in [1.82, 2.24) is 15.3 Å². The molecule has 5 aromatic carbocycles. The smallest absolute Gasteiger partial charge is 0.312 e. The van der Waals surface area contributed by atoms with E-state index in [0.29, 0.717) is 41.0 Å². The first-order chi connectivity index (χ1) is 30.8. The molecule has 0 saturated heterocycles. The van der Waals surface area contributed by atoms with Gasteiger partial charge in [0.2, 0.25) is 0 Å². The second kappa shape index (κ2) is 28.7. The van der Waals surface area contributed by atoms with Crippen molar-refractivity contribution in [1.29, 1.82) is 0 Å². The van der Waals surface area contributed by atoms with Gasteiger partial charge in [-0.25, -0.2) is 14.8 Å². The Morgan fingerprint density at radius 3 is 1.41 bits per heavy atom. The Balaban J connectivity index is 0.000000234. The number of hydrogen-bond acceptors (Lipinski definition) is 10. The molecule has 7 aromatic rings. The van der Waals surface area contributed by atoms with E-state index in [1.165, 1.54) is 55.2 Å². The average Bonchev–Trinajstić information content (AvgIpc) is 3.96. The Morgan fingerprint density at radius 2 is 1.00 bits per heavy atom. The third kappa shape index (κ3) is 20.8. The fourth-order valence-electron chi connectivity index (χ4n) is 5.08. The second-order valence-electron chi connectivity index (χ2n) is 14.6. The molecule has 3 amide bonds. The molecule has 2 heterocycles. The predicted molar refractivity (Wildman–Crippen MR) is 272 cm³/mol. The minimum absolute atomic E-state index is 0.214. The molecule has 10 N–H and O–H groups in total. The molecule has 0 unspecified atom stereocenters. The number of nitrogen functional groups attached to an aromatic ring is 1.